The first-order valence-corrected chi connectivity index (χ1v) is 7.77. The molecule has 138 valence electrons. The highest BCUT2D eigenvalue weighted by atomic mass is 19.4. The van der Waals surface area contributed by atoms with Gasteiger partial charge in [-0.15, -0.1) is 0 Å². The maximum atomic E-state index is 12.7. The van der Waals surface area contributed by atoms with Gasteiger partial charge in [-0.3, -0.25) is 14.6 Å². The topological polar surface area (TPSA) is 71.1 Å². The van der Waals surface area contributed by atoms with Crippen LogP contribution in [0.4, 0.5) is 18.9 Å². The number of rotatable bonds is 5. The monoisotopic (exact) mass is 365 g/mol. The van der Waals surface area contributed by atoms with Crippen molar-refractivity contribution in [2.75, 3.05) is 5.32 Å². The van der Waals surface area contributed by atoms with Gasteiger partial charge in [-0.05, 0) is 44.2 Å². The summed E-state index contributed by atoms with van der Waals surface area (Å²) in [5, 5.41) is 4.96. The molecule has 0 aliphatic carbocycles. The molecule has 0 aliphatic rings. The maximum absolute atomic E-state index is 12.7. The minimum Gasteiger partial charge on any atom is -0.350 e. The molecule has 0 atom stereocenters. The first-order chi connectivity index (χ1) is 12.1. The summed E-state index contributed by atoms with van der Waals surface area (Å²) in [6.07, 6.45) is -2.94. The van der Waals surface area contributed by atoms with Gasteiger partial charge in [0.25, 0.3) is 0 Å². The van der Waals surface area contributed by atoms with Crippen molar-refractivity contribution < 1.29 is 22.8 Å². The third-order valence-electron chi connectivity index (χ3n) is 3.74. The van der Waals surface area contributed by atoms with Crippen LogP contribution < -0.4 is 10.6 Å². The molecule has 1 aromatic heterocycles. The van der Waals surface area contributed by atoms with Crippen LogP contribution in [0.2, 0.25) is 0 Å². The SMILES string of the molecule is CC(C)(C(=O)NCc1ccccn1)C(=O)Nc1cccc(C(F)(F)F)c1. The Kier molecular flexibility index (Phi) is 5.64. The van der Waals surface area contributed by atoms with E-state index in [1.807, 2.05) is 0 Å². The molecule has 2 aromatic rings. The van der Waals surface area contributed by atoms with E-state index in [0.717, 1.165) is 12.1 Å². The zero-order chi connectivity index (χ0) is 19.4. The molecule has 0 unspecified atom stereocenters. The molecule has 0 spiro atoms. The van der Waals surface area contributed by atoms with Gasteiger partial charge in [-0.2, -0.15) is 13.2 Å². The van der Waals surface area contributed by atoms with Gasteiger partial charge in [0.2, 0.25) is 11.8 Å². The fraction of sp³-hybridized carbons (Fsp3) is 0.278. The molecule has 0 bridgehead atoms. The standard InChI is InChI=1S/C18H18F3N3O2/c1-17(2,15(25)23-11-14-7-3-4-9-22-14)16(26)24-13-8-5-6-12(10-13)18(19,20)21/h3-10H,11H2,1-2H3,(H,23,25)(H,24,26). The third kappa shape index (κ3) is 4.81. The van der Waals surface area contributed by atoms with Crippen LogP contribution in [0.15, 0.2) is 48.7 Å². The zero-order valence-corrected chi connectivity index (χ0v) is 14.2. The highest BCUT2D eigenvalue weighted by Crippen LogP contribution is 2.31. The number of hydrogen-bond acceptors (Lipinski definition) is 3. The smallest absolute Gasteiger partial charge is 0.350 e. The fourth-order valence-electron chi connectivity index (χ4n) is 2.06. The van der Waals surface area contributed by atoms with E-state index in [-0.39, 0.29) is 12.2 Å². The van der Waals surface area contributed by atoms with E-state index in [0.29, 0.717) is 5.69 Å². The molecule has 2 rings (SSSR count). The number of halogens is 3. The van der Waals surface area contributed by atoms with E-state index in [9.17, 15) is 22.8 Å². The molecule has 5 nitrogen and oxygen atoms in total. The van der Waals surface area contributed by atoms with Crippen LogP contribution in [-0.2, 0) is 22.3 Å². The molecule has 1 heterocycles. The summed E-state index contributed by atoms with van der Waals surface area (Å²) in [6.45, 7) is 2.92. The Hall–Kier alpha value is -2.90. The molecule has 0 saturated carbocycles. The lowest BCUT2D eigenvalue weighted by Crippen LogP contribution is -2.45. The molecule has 0 radical (unpaired) electrons. The second-order valence-electron chi connectivity index (χ2n) is 6.16. The van der Waals surface area contributed by atoms with Gasteiger partial charge in [-0.1, -0.05) is 12.1 Å². The van der Waals surface area contributed by atoms with E-state index >= 15 is 0 Å². The number of aromatic nitrogens is 1. The molecular weight excluding hydrogens is 347 g/mol. The molecular formula is C18H18F3N3O2. The highest BCUT2D eigenvalue weighted by Gasteiger charge is 2.36. The van der Waals surface area contributed by atoms with E-state index < -0.39 is 29.0 Å². The van der Waals surface area contributed by atoms with Crippen LogP contribution in [-0.4, -0.2) is 16.8 Å². The number of benzene rings is 1. The Labute approximate surface area is 148 Å². The number of pyridine rings is 1. The van der Waals surface area contributed by atoms with Gasteiger partial charge in [0.05, 0.1) is 17.8 Å². The largest absolute Gasteiger partial charge is 0.416 e. The quantitative estimate of drug-likeness (QED) is 0.798. The van der Waals surface area contributed by atoms with Crippen molar-refractivity contribution in [3.05, 3.63) is 59.9 Å². The summed E-state index contributed by atoms with van der Waals surface area (Å²) < 4.78 is 38.2. The Morgan fingerprint density at radius 3 is 2.38 bits per heavy atom. The van der Waals surface area contributed by atoms with Gasteiger partial charge >= 0.3 is 6.18 Å². The molecule has 0 aliphatic heterocycles. The Balaban J connectivity index is 2.04. The van der Waals surface area contributed by atoms with Crippen molar-refractivity contribution in [1.29, 1.82) is 0 Å². The number of amides is 2. The minimum atomic E-state index is -4.52. The van der Waals surface area contributed by atoms with Crippen molar-refractivity contribution >= 4 is 17.5 Å². The normalized spacial score (nSPS) is 11.7. The number of carbonyl (C=O) groups excluding carboxylic acids is 2. The first kappa shape index (κ1) is 19.4. The van der Waals surface area contributed by atoms with Crippen molar-refractivity contribution in [3.8, 4) is 0 Å². The number of nitrogens with one attached hydrogen (secondary N) is 2. The average Bonchev–Trinajstić information content (AvgIpc) is 2.60. The summed E-state index contributed by atoms with van der Waals surface area (Å²) in [5.74, 6) is -1.28. The summed E-state index contributed by atoms with van der Waals surface area (Å²) in [5.41, 5.74) is -1.78. The lowest BCUT2D eigenvalue weighted by molar-refractivity contribution is -0.139. The number of hydrogen-bond donors (Lipinski definition) is 2. The molecule has 0 fully saturated rings. The van der Waals surface area contributed by atoms with E-state index in [2.05, 4.69) is 15.6 Å². The van der Waals surface area contributed by atoms with Gasteiger partial charge in [0.15, 0.2) is 0 Å². The van der Waals surface area contributed by atoms with Crippen LogP contribution in [0, 0.1) is 5.41 Å². The van der Waals surface area contributed by atoms with E-state index in [1.165, 1.54) is 26.0 Å². The van der Waals surface area contributed by atoms with Crippen LogP contribution in [0.1, 0.15) is 25.1 Å². The molecule has 0 saturated heterocycles. The van der Waals surface area contributed by atoms with E-state index in [1.54, 1.807) is 24.4 Å². The van der Waals surface area contributed by atoms with Crippen molar-refractivity contribution in [1.82, 2.24) is 10.3 Å². The number of alkyl halides is 3. The minimum absolute atomic E-state index is 0.0320. The average molecular weight is 365 g/mol. The molecule has 1 aromatic carbocycles. The van der Waals surface area contributed by atoms with Gasteiger partial charge in [0.1, 0.15) is 5.41 Å². The predicted molar refractivity (Wildman–Crippen MR) is 89.9 cm³/mol. The zero-order valence-electron chi connectivity index (χ0n) is 14.2. The summed E-state index contributed by atoms with van der Waals surface area (Å²) in [6, 6.07) is 9.45. The van der Waals surface area contributed by atoms with Crippen LogP contribution in [0.5, 0.6) is 0 Å². The van der Waals surface area contributed by atoms with Gasteiger partial charge in [-0.25, -0.2) is 0 Å². The molecule has 8 heteroatoms. The van der Waals surface area contributed by atoms with Crippen LogP contribution >= 0.6 is 0 Å². The van der Waals surface area contributed by atoms with Gasteiger partial charge < -0.3 is 10.6 Å². The lowest BCUT2D eigenvalue weighted by Gasteiger charge is -2.23. The second-order valence-corrected chi connectivity index (χ2v) is 6.16. The highest BCUT2D eigenvalue weighted by molar-refractivity contribution is 6.09. The summed E-state index contributed by atoms with van der Waals surface area (Å²) in [7, 11) is 0. The van der Waals surface area contributed by atoms with Gasteiger partial charge in [0, 0.05) is 11.9 Å². The Morgan fingerprint density at radius 2 is 1.77 bits per heavy atom. The predicted octanol–water partition coefficient (Wildman–Crippen LogP) is 3.38. The molecule has 26 heavy (non-hydrogen) atoms. The summed E-state index contributed by atoms with van der Waals surface area (Å²) >= 11 is 0. The van der Waals surface area contributed by atoms with Crippen molar-refractivity contribution in [2.45, 2.75) is 26.6 Å². The maximum Gasteiger partial charge on any atom is 0.416 e. The number of anilines is 1. The number of carbonyl (C=O) groups is 2. The van der Waals surface area contributed by atoms with Crippen LogP contribution in [0.3, 0.4) is 0 Å². The fourth-order valence-corrected chi connectivity index (χ4v) is 2.06. The van der Waals surface area contributed by atoms with Crippen molar-refractivity contribution in [3.63, 3.8) is 0 Å². The third-order valence-corrected chi connectivity index (χ3v) is 3.74. The number of nitrogens with zero attached hydrogens (tertiary/aromatic N) is 1. The Morgan fingerprint density at radius 1 is 1.04 bits per heavy atom. The van der Waals surface area contributed by atoms with Crippen molar-refractivity contribution in [2.24, 2.45) is 5.41 Å². The van der Waals surface area contributed by atoms with Crippen LogP contribution in [0.25, 0.3) is 0 Å². The molecule has 2 N–H and O–H groups in total. The molecule has 2 amide bonds. The lowest BCUT2D eigenvalue weighted by atomic mass is 9.91. The van der Waals surface area contributed by atoms with E-state index in [4.69, 9.17) is 0 Å². The second kappa shape index (κ2) is 7.55. The first-order valence-electron chi connectivity index (χ1n) is 7.77. The Bertz CT molecular complexity index is 790. The summed E-state index contributed by atoms with van der Waals surface area (Å²) in [4.78, 5) is 28.8.